The molecule has 0 spiro atoms. The molecule has 0 aliphatic carbocycles. The van der Waals surface area contributed by atoms with E-state index in [1.165, 1.54) is 0 Å². The van der Waals surface area contributed by atoms with Crippen LogP contribution in [0.1, 0.15) is 24.2 Å². The molecule has 0 aromatic carbocycles. The van der Waals surface area contributed by atoms with Gasteiger partial charge in [-0.05, 0) is 44.9 Å². The van der Waals surface area contributed by atoms with E-state index in [1.807, 2.05) is 49.3 Å². The van der Waals surface area contributed by atoms with Crippen molar-refractivity contribution in [3.8, 4) is 0 Å². The molecule has 0 bridgehead atoms. The largest absolute Gasteiger partial charge is 0.369 e. The molecule has 0 saturated carbocycles. The Bertz CT molecular complexity index is 1110. The Balaban J connectivity index is 1.24. The standard InChI is InChI=1S/C24H29N7O/c1-17-18(2)28-23-21(27-17)14-20(15-26-23)31-9-5-6-19(16-31)24(32)30-12-10-29(11-13-30)22-7-3-4-8-25-22/h3-4,7-8,14-15,19H,5-6,9-13,16H2,1-2H3/t19-/m1/s1. The first-order chi connectivity index (χ1) is 15.6. The first kappa shape index (κ1) is 20.6. The Labute approximate surface area is 188 Å². The van der Waals surface area contributed by atoms with Crippen LogP contribution in [0.15, 0.2) is 36.7 Å². The van der Waals surface area contributed by atoms with Crippen LogP contribution in [0.4, 0.5) is 11.5 Å². The second-order valence-corrected chi connectivity index (χ2v) is 8.72. The van der Waals surface area contributed by atoms with Crippen molar-refractivity contribution < 1.29 is 4.79 Å². The van der Waals surface area contributed by atoms with Gasteiger partial charge in [-0.2, -0.15) is 0 Å². The van der Waals surface area contributed by atoms with Gasteiger partial charge in [0.1, 0.15) is 11.3 Å². The van der Waals surface area contributed by atoms with Crippen molar-refractivity contribution in [1.82, 2.24) is 24.8 Å². The van der Waals surface area contributed by atoms with E-state index in [2.05, 4.69) is 35.8 Å². The third kappa shape index (κ3) is 4.09. The number of anilines is 2. The van der Waals surface area contributed by atoms with Crippen molar-refractivity contribution in [3.63, 3.8) is 0 Å². The molecule has 2 aliphatic heterocycles. The summed E-state index contributed by atoms with van der Waals surface area (Å²) in [5.74, 6) is 1.28. The molecular weight excluding hydrogens is 402 g/mol. The number of piperazine rings is 1. The highest BCUT2D eigenvalue weighted by molar-refractivity contribution is 5.80. The number of rotatable bonds is 3. The van der Waals surface area contributed by atoms with Crippen LogP contribution in [-0.4, -0.2) is 70.0 Å². The lowest BCUT2D eigenvalue weighted by atomic mass is 9.95. The minimum Gasteiger partial charge on any atom is -0.369 e. The van der Waals surface area contributed by atoms with Crippen molar-refractivity contribution >= 4 is 28.6 Å². The lowest BCUT2D eigenvalue weighted by Gasteiger charge is -2.39. The summed E-state index contributed by atoms with van der Waals surface area (Å²) in [5.41, 5.74) is 4.34. The number of hydrogen-bond donors (Lipinski definition) is 0. The molecule has 0 radical (unpaired) electrons. The van der Waals surface area contributed by atoms with Gasteiger partial charge in [-0.3, -0.25) is 4.79 Å². The van der Waals surface area contributed by atoms with Crippen LogP contribution < -0.4 is 9.80 Å². The molecule has 5 rings (SSSR count). The molecule has 3 aromatic heterocycles. The molecule has 166 valence electrons. The minimum absolute atomic E-state index is 0.0201. The number of amides is 1. The van der Waals surface area contributed by atoms with Crippen LogP contribution in [0.2, 0.25) is 0 Å². The first-order valence-electron chi connectivity index (χ1n) is 11.4. The summed E-state index contributed by atoms with van der Waals surface area (Å²) in [6, 6.07) is 8.02. The molecular formula is C24H29N7O. The molecule has 2 saturated heterocycles. The summed E-state index contributed by atoms with van der Waals surface area (Å²) in [6.07, 6.45) is 5.62. The van der Waals surface area contributed by atoms with E-state index in [4.69, 9.17) is 0 Å². The van der Waals surface area contributed by atoms with Gasteiger partial charge in [0.05, 0.1) is 29.2 Å². The molecule has 0 unspecified atom stereocenters. The zero-order valence-electron chi connectivity index (χ0n) is 18.7. The van der Waals surface area contributed by atoms with Crippen LogP contribution in [0.25, 0.3) is 11.2 Å². The van der Waals surface area contributed by atoms with E-state index in [9.17, 15) is 4.79 Å². The van der Waals surface area contributed by atoms with Crippen molar-refractivity contribution in [2.45, 2.75) is 26.7 Å². The van der Waals surface area contributed by atoms with Crippen molar-refractivity contribution in [2.75, 3.05) is 49.1 Å². The summed E-state index contributed by atoms with van der Waals surface area (Å²) in [4.78, 5) is 38.0. The van der Waals surface area contributed by atoms with Gasteiger partial charge >= 0.3 is 0 Å². The summed E-state index contributed by atoms with van der Waals surface area (Å²) in [6.45, 7) is 8.73. The highest BCUT2D eigenvalue weighted by atomic mass is 16.2. The number of aromatic nitrogens is 4. The molecule has 1 amide bonds. The SMILES string of the molecule is Cc1nc2cc(N3CCC[C@@H](C(=O)N4CCN(c5ccccn5)CC4)C3)cnc2nc1C. The van der Waals surface area contributed by atoms with Crippen molar-refractivity contribution in [1.29, 1.82) is 0 Å². The predicted octanol–water partition coefficient (Wildman–Crippen LogP) is 2.60. The smallest absolute Gasteiger partial charge is 0.227 e. The van der Waals surface area contributed by atoms with Crippen LogP contribution in [-0.2, 0) is 4.79 Å². The lowest BCUT2D eigenvalue weighted by Crippen LogP contribution is -2.52. The van der Waals surface area contributed by atoms with Crippen LogP contribution in [0.5, 0.6) is 0 Å². The maximum atomic E-state index is 13.3. The van der Waals surface area contributed by atoms with Crippen LogP contribution in [0, 0.1) is 19.8 Å². The van der Waals surface area contributed by atoms with Crippen LogP contribution in [0.3, 0.4) is 0 Å². The third-order valence-corrected chi connectivity index (χ3v) is 6.62. The topological polar surface area (TPSA) is 78.4 Å². The number of nitrogens with zero attached hydrogens (tertiary/aromatic N) is 7. The molecule has 2 fully saturated rings. The summed E-state index contributed by atoms with van der Waals surface area (Å²) in [7, 11) is 0. The maximum absolute atomic E-state index is 13.3. The number of fused-ring (bicyclic) bond motifs is 1. The fourth-order valence-corrected chi connectivity index (χ4v) is 4.65. The maximum Gasteiger partial charge on any atom is 0.227 e. The zero-order valence-corrected chi connectivity index (χ0v) is 18.7. The van der Waals surface area contributed by atoms with Crippen LogP contribution >= 0.6 is 0 Å². The normalized spacial score (nSPS) is 19.4. The quantitative estimate of drug-likeness (QED) is 0.631. The Morgan fingerprint density at radius 1 is 0.969 bits per heavy atom. The van der Waals surface area contributed by atoms with Gasteiger partial charge in [-0.25, -0.2) is 19.9 Å². The fourth-order valence-electron chi connectivity index (χ4n) is 4.65. The highest BCUT2D eigenvalue weighted by Crippen LogP contribution is 2.26. The second-order valence-electron chi connectivity index (χ2n) is 8.72. The van der Waals surface area contributed by atoms with Crippen molar-refractivity contribution in [3.05, 3.63) is 48.0 Å². The second kappa shape index (κ2) is 8.68. The minimum atomic E-state index is 0.0201. The van der Waals surface area contributed by atoms with Gasteiger partial charge < -0.3 is 14.7 Å². The zero-order chi connectivity index (χ0) is 22.1. The number of piperidine rings is 1. The van der Waals surface area contributed by atoms with Gasteiger partial charge in [-0.15, -0.1) is 0 Å². The molecule has 32 heavy (non-hydrogen) atoms. The number of carbonyl (C=O) groups excluding carboxylic acids is 1. The Morgan fingerprint density at radius 3 is 2.56 bits per heavy atom. The lowest BCUT2D eigenvalue weighted by molar-refractivity contribution is -0.136. The number of pyridine rings is 2. The van der Waals surface area contributed by atoms with Gasteiger partial charge in [-0.1, -0.05) is 6.07 Å². The average molecular weight is 432 g/mol. The average Bonchev–Trinajstić information content (AvgIpc) is 2.85. The monoisotopic (exact) mass is 431 g/mol. The van der Waals surface area contributed by atoms with Gasteiger partial charge in [0, 0.05) is 45.5 Å². The van der Waals surface area contributed by atoms with E-state index in [1.54, 1.807) is 0 Å². The molecule has 8 nitrogen and oxygen atoms in total. The molecule has 2 aliphatic rings. The number of carbonyl (C=O) groups is 1. The molecule has 3 aromatic rings. The summed E-state index contributed by atoms with van der Waals surface area (Å²) in [5, 5.41) is 0. The number of aryl methyl sites for hydroxylation is 2. The van der Waals surface area contributed by atoms with Gasteiger partial charge in [0.25, 0.3) is 0 Å². The Hall–Kier alpha value is -3.29. The van der Waals surface area contributed by atoms with Gasteiger partial charge in [0.15, 0.2) is 5.65 Å². The van der Waals surface area contributed by atoms with Crippen molar-refractivity contribution in [2.24, 2.45) is 5.92 Å². The summed E-state index contributed by atoms with van der Waals surface area (Å²) < 4.78 is 0. The fraction of sp³-hybridized carbons (Fsp3) is 0.458. The van der Waals surface area contributed by atoms with E-state index in [0.717, 1.165) is 80.5 Å². The summed E-state index contributed by atoms with van der Waals surface area (Å²) >= 11 is 0. The molecule has 8 heteroatoms. The predicted molar refractivity (Wildman–Crippen MR) is 125 cm³/mol. The van der Waals surface area contributed by atoms with E-state index in [0.29, 0.717) is 5.65 Å². The molecule has 0 N–H and O–H groups in total. The highest BCUT2D eigenvalue weighted by Gasteiger charge is 2.31. The van der Waals surface area contributed by atoms with E-state index < -0.39 is 0 Å². The number of hydrogen-bond acceptors (Lipinski definition) is 7. The molecule has 1 atom stereocenters. The first-order valence-corrected chi connectivity index (χ1v) is 11.4. The third-order valence-electron chi connectivity index (χ3n) is 6.62. The Morgan fingerprint density at radius 2 is 1.78 bits per heavy atom. The van der Waals surface area contributed by atoms with E-state index >= 15 is 0 Å². The molecule has 5 heterocycles. The Kier molecular flexibility index (Phi) is 5.59. The van der Waals surface area contributed by atoms with Gasteiger partial charge in [0.2, 0.25) is 5.91 Å². The van der Waals surface area contributed by atoms with E-state index in [-0.39, 0.29) is 11.8 Å².